The lowest BCUT2D eigenvalue weighted by Crippen LogP contribution is -2.26. The van der Waals surface area contributed by atoms with Crippen molar-refractivity contribution >= 4 is 5.97 Å². The van der Waals surface area contributed by atoms with Gasteiger partial charge < -0.3 is 14.9 Å². The molecule has 0 amide bonds. The van der Waals surface area contributed by atoms with Gasteiger partial charge in [-0.15, -0.1) is 6.58 Å². The van der Waals surface area contributed by atoms with Crippen molar-refractivity contribution in [2.75, 3.05) is 0 Å². The van der Waals surface area contributed by atoms with Crippen LogP contribution in [0.1, 0.15) is 47.0 Å². The number of rotatable bonds is 9. The van der Waals surface area contributed by atoms with Crippen LogP contribution in [0.3, 0.4) is 0 Å². The number of carbonyl (C=O) groups is 1. The van der Waals surface area contributed by atoms with Gasteiger partial charge in [-0.2, -0.15) is 0 Å². The van der Waals surface area contributed by atoms with Gasteiger partial charge in [0.1, 0.15) is 6.10 Å². The van der Waals surface area contributed by atoms with Gasteiger partial charge >= 0.3 is 5.97 Å². The third-order valence-corrected chi connectivity index (χ3v) is 3.22. The average Bonchev–Trinajstić information content (AvgIpc) is 2.33. The summed E-state index contributed by atoms with van der Waals surface area (Å²) < 4.78 is 5.16. The van der Waals surface area contributed by atoms with Crippen molar-refractivity contribution in [3.05, 3.63) is 37.0 Å². The average molecular weight is 296 g/mol. The molecule has 0 aromatic carbocycles. The highest BCUT2D eigenvalue weighted by Crippen LogP contribution is 2.21. The molecule has 0 heterocycles. The summed E-state index contributed by atoms with van der Waals surface area (Å²) in [5, 5.41) is 20.1. The Bertz CT molecular complexity index is 405. The molecule has 0 fully saturated rings. The quantitative estimate of drug-likeness (QED) is 0.507. The van der Waals surface area contributed by atoms with Gasteiger partial charge in [-0.1, -0.05) is 24.8 Å². The van der Waals surface area contributed by atoms with E-state index in [2.05, 4.69) is 13.2 Å². The van der Waals surface area contributed by atoms with Gasteiger partial charge in [0.25, 0.3) is 0 Å². The number of carbonyl (C=O) groups excluding carboxylic acids is 1. The maximum absolute atomic E-state index is 11.0. The molecule has 0 aliphatic rings. The van der Waals surface area contributed by atoms with Crippen LogP contribution in [0, 0.1) is 0 Å². The van der Waals surface area contributed by atoms with Crippen LogP contribution < -0.4 is 0 Å². The van der Waals surface area contributed by atoms with E-state index in [1.165, 1.54) is 13.0 Å². The number of aliphatic hydroxyl groups is 2. The standard InChI is InChI=1S/C17H28O4/c1-7-16(5,19)10-8-11-17(6,20)12-9-15(13(2)3)21-14(4)18/h7-8,11,15,19-20H,1-2,9-10,12H2,3-6H3/b11-8+. The summed E-state index contributed by atoms with van der Waals surface area (Å²) in [5.41, 5.74) is -1.27. The molecule has 0 radical (unpaired) electrons. The maximum atomic E-state index is 11.0. The van der Waals surface area contributed by atoms with Crippen molar-refractivity contribution in [1.82, 2.24) is 0 Å². The summed E-state index contributed by atoms with van der Waals surface area (Å²) in [4.78, 5) is 11.0. The first kappa shape index (κ1) is 19.6. The summed E-state index contributed by atoms with van der Waals surface area (Å²) >= 11 is 0. The van der Waals surface area contributed by atoms with E-state index >= 15 is 0 Å². The summed E-state index contributed by atoms with van der Waals surface area (Å²) in [6, 6.07) is 0. The van der Waals surface area contributed by atoms with Crippen LogP contribution in [0.4, 0.5) is 0 Å². The first-order valence-corrected chi connectivity index (χ1v) is 7.08. The first-order chi connectivity index (χ1) is 9.49. The van der Waals surface area contributed by atoms with Crippen LogP contribution in [-0.2, 0) is 9.53 Å². The number of esters is 1. The zero-order chi connectivity index (χ0) is 16.7. The molecule has 4 nitrogen and oxygen atoms in total. The molecule has 0 rings (SSSR count). The van der Waals surface area contributed by atoms with Crippen LogP contribution in [0.5, 0.6) is 0 Å². The first-order valence-electron chi connectivity index (χ1n) is 7.08. The molecule has 4 heteroatoms. The molecule has 2 N–H and O–H groups in total. The Hall–Kier alpha value is -1.39. The number of hydrogen-bond acceptors (Lipinski definition) is 4. The Morgan fingerprint density at radius 1 is 1.29 bits per heavy atom. The van der Waals surface area contributed by atoms with E-state index in [9.17, 15) is 15.0 Å². The van der Waals surface area contributed by atoms with E-state index in [1.807, 2.05) is 0 Å². The lowest BCUT2D eigenvalue weighted by Gasteiger charge is -2.24. The predicted molar refractivity (Wildman–Crippen MR) is 84.8 cm³/mol. The fourth-order valence-corrected chi connectivity index (χ4v) is 1.75. The number of hydrogen-bond donors (Lipinski definition) is 2. The highest BCUT2D eigenvalue weighted by atomic mass is 16.5. The topological polar surface area (TPSA) is 66.8 Å². The normalized spacial score (nSPS) is 18.6. The molecule has 0 spiro atoms. The number of ether oxygens (including phenoxy) is 1. The minimum Gasteiger partial charge on any atom is -0.458 e. The van der Waals surface area contributed by atoms with E-state index in [-0.39, 0.29) is 5.97 Å². The van der Waals surface area contributed by atoms with Crippen LogP contribution in [0.15, 0.2) is 37.0 Å². The van der Waals surface area contributed by atoms with Crippen molar-refractivity contribution in [2.24, 2.45) is 0 Å². The largest absolute Gasteiger partial charge is 0.458 e. The van der Waals surface area contributed by atoms with Crippen LogP contribution in [0.25, 0.3) is 0 Å². The Labute approximate surface area is 127 Å². The van der Waals surface area contributed by atoms with Crippen molar-refractivity contribution in [2.45, 2.75) is 64.3 Å². The van der Waals surface area contributed by atoms with Gasteiger partial charge in [-0.25, -0.2) is 0 Å². The lowest BCUT2D eigenvalue weighted by molar-refractivity contribution is -0.145. The molecule has 0 aromatic rings. The van der Waals surface area contributed by atoms with Crippen molar-refractivity contribution < 1.29 is 19.7 Å². The molecule has 3 unspecified atom stereocenters. The minimum absolute atomic E-state index is 0.361. The predicted octanol–water partition coefficient (Wildman–Crippen LogP) is 2.91. The molecular formula is C17H28O4. The van der Waals surface area contributed by atoms with Gasteiger partial charge in [0.15, 0.2) is 0 Å². The Kier molecular flexibility index (Phi) is 7.61. The SMILES string of the molecule is C=CC(C)(O)C/C=C/C(C)(O)CCC(OC(C)=O)C(=C)C. The third-order valence-electron chi connectivity index (χ3n) is 3.22. The molecular weight excluding hydrogens is 268 g/mol. The monoisotopic (exact) mass is 296 g/mol. The third kappa shape index (κ3) is 9.21. The Morgan fingerprint density at radius 2 is 1.86 bits per heavy atom. The molecule has 0 bridgehead atoms. The summed E-state index contributed by atoms with van der Waals surface area (Å²) in [7, 11) is 0. The molecule has 3 atom stereocenters. The summed E-state index contributed by atoms with van der Waals surface area (Å²) in [5.74, 6) is -0.361. The molecule has 0 aromatic heterocycles. The zero-order valence-corrected chi connectivity index (χ0v) is 13.6. The smallest absolute Gasteiger partial charge is 0.303 e. The van der Waals surface area contributed by atoms with Crippen molar-refractivity contribution in [3.8, 4) is 0 Å². The molecule has 120 valence electrons. The van der Waals surface area contributed by atoms with Crippen LogP contribution >= 0.6 is 0 Å². The van der Waals surface area contributed by atoms with Gasteiger partial charge in [-0.3, -0.25) is 4.79 Å². The zero-order valence-electron chi connectivity index (χ0n) is 13.6. The molecule has 21 heavy (non-hydrogen) atoms. The van der Waals surface area contributed by atoms with Gasteiger partial charge in [0.05, 0.1) is 11.2 Å². The molecule has 0 aliphatic heterocycles. The second-order valence-electron chi connectivity index (χ2n) is 6.01. The fourth-order valence-electron chi connectivity index (χ4n) is 1.75. The van der Waals surface area contributed by atoms with Gasteiger partial charge in [0, 0.05) is 6.92 Å². The Morgan fingerprint density at radius 3 is 2.29 bits per heavy atom. The lowest BCUT2D eigenvalue weighted by atomic mass is 9.94. The second kappa shape index (κ2) is 8.15. The van der Waals surface area contributed by atoms with Crippen molar-refractivity contribution in [3.63, 3.8) is 0 Å². The van der Waals surface area contributed by atoms with Crippen LogP contribution in [0.2, 0.25) is 0 Å². The highest BCUT2D eigenvalue weighted by molar-refractivity contribution is 5.66. The van der Waals surface area contributed by atoms with Crippen LogP contribution in [-0.4, -0.2) is 33.5 Å². The minimum atomic E-state index is -1.04. The van der Waals surface area contributed by atoms with E-state index < -0.39 is 17.3 Å². The van der Waals surface area contributed by atoms with E-state index in [0.717, 1.165) is 5.57 Å². The van der Waals surface area contributed by atoms with Gasteiger partial charge in [-0.05, 0) is 45.6 Å². The summed E-state index contributed by atoms with van der Waals surface area (Å²) in [6.45, 7) is 13.8. The maximum Gasteiger partial charge on any atom is 0.303 e. The fraction of sp³-hybridized carbons (Fsp3) is 0.588. The van der Waals surface area contributed by atoms with Gasteiger partial charge in [0.2, 0.25) is 0 Å². The van der Waals surface area contributed by atoms with E-state index in [1.54, 1.807) is 32.9 Å². The molecule has 0 saturated heterocycles. The van der Waals surface area contributed by atoms with E-state index in [4.69, 9.17) is 4.74 Å². The molecule has 0 saturated carbocycles. The highest BCUT2D eigenvalue weighted by Gasteiger charge is 2.22. The van der Waals surface area contributed by atoms with E-state index in [0.29, 0.717) is 19.3 Å². The molecule has 0 aliphatic carbocycles. The Balaban J connectivity index is 4.52. The van der Waals surface area contributed by atoms with Crippen molar-refractivity contribution in [1.29, 1.82) is 0 Å². The second-order valence-corrected chi connectivity index (χ2v) is 6.01. The summed E-state index contributed by atoms with van der Waals surface area (Å²) in [6.07, 6.45) is 5.73.